The predicted molar refractivity (Wildman–Crippen MR) is 71.5 cm³/mol. The summed E-state index contributed by atoms with van der Waals surface area (Å²) in [7, 11) is 0. The van der Waals surface area contributed by atoms with E-state index in [1.807, 2.05) is 13.8 Å². The highest BCUT2D eigenvalue weighted by molar-refractivity contribution is 5.97. The maximum atomic E-state index is 12.6. The minimum Gasteiger partial charge on any atom is -0.481 e. The highest BCUT2D eigenvalue weighted by Gasteiger charge is 2.45. The van der Waals surface area contributed by atoms with Crippen LogP contribution in [-0.2, 0) is 11.2 Å². The van der Waals surface area contributed by atoms with Crippen molar-refractivity contribution in [2.75, 3.05) is 13.1 Å². The number of carboxylic acid groups (broad SMARTS) is 1. The van der Waals surface area contributed by atoms with Gasteiger partial charge in [0, 0.05) is 13.1 Å². The first-order valence-electron chi connectivity index (χ1n) is 6.93. The van der Waals surface area contributed by atoms with E-state index >= 15 is 0 Å². The minimum absolute atomic E-state index is 0.169. The number of rotatable bonds is 4. The van der Waals surface area contributed by atoms with E-state index in [1.54, 1.807) is 11.8 Å². The number of likely N-dealkylation sites (tertiary alicyclic amines) is 1. The molecular weight excluding hydrogens is 260 g/mol. The zero-order valence-electron chi connectivity index (χ0n) is 12.1. The third kappa shape index (κ3) is 2.19. The standard InChI is InChI=1S/C14H20N2O4/c1-4-10-11(9(3)20-15-10)12(17)16-7-6-14(5-2,8-16)13(18)19/h4-8H2,1-3H3,(H,18,19). The van der Waals surface area contributed by atoms with E-state index in [2.05, 4.69) is 5.16 Å². The second-order valence-corrected chi connectivity index (χ2v) is 5.33. The van der Waals surface area contributed by atoms with Crippen LogP contribution < -0.4 is 0 Å². The summed E-state index contributed by atoms with van der Waals surface area (Å²) < 4.78 is 5.08. The number of aromatic nitrogens is 1. The first-order chi connectivity index (χ1) is 9.45. The Bertz CT molecular complexity index is 537. The normalized spacial score (nSPS) is 22.2. The van der Waals surface area contributed by atoms with Crippen LogP contribution in [0.3, 0.4) is 0 Å². The molecule has 1 amide bonds. The number of nitrogens with zero attached hydrogens (tertiary/aromatic N) is 2. The van der Waals surface area contributed by atoms with Gasteiger partial charge in [0.25, 0.3) is 5.91 Å². The third-order valence-electron chi connectivity index (χ3n) is 4.25. The Morgan fingerprint density at radius 1 is 1.45 bits per heavy atom. The summed E-state index contributed by atoms with van der Waals surface area (Å²) in [6, 6.07) is 0. The lowest BCUT2D eigenvalue weighted by atomic mass is 9.84. The van der Waals surface area contributed by atoms with Gasteiger partial charge in [0.2, 0.25) is 0 Å². The Morgan fingerprint density at radius 2 is 2.15 bits per heavy atom. The quantitative estimate of drug-likeness (QED) is 0.910. The number of hydrogen-bond donors (Lipinski definition) is 1. The molecule has 0 bridgehead atoms. The molecule has 1 unspecified atom stereocenters. The first kappa shape index (κ1) is 14.6. The molecule has 20 heavy (non-hydrogen) atoms. The van der Waals surface area contributed by atoms with Crippen molar-refractivity contribution < 1.29 is 19.2 Å². The molecule has 6 heteroatoms. The molecule has 1 fully saturated rings. The average molecular weight is 280 g/mol. The maximum absolute atomic E-state index is 12.6. The third-order valence-corrected chi connectivity index (χ3v) is 4.25. The molecule has 0 saturated carbocycles. The first-order valence-corrected chi connectivity index (χ1v) is 6.93. The van der Waals surface area contributed by atoms with Crippen LogP contribution in [0.5, 0.6) is 0 Å². The van der Waals surface area contributed by atoms with Gasteiger partial charge in [0.05, 0.1) is 11.1 Å². The largest absolute Gasteiger partial charge is 0.481 e. The van der Waals surface area contributed by atoms with Crippen molar-refractivity contribution in [1.82, 2.24) is 10.1 Å². The van der Waals surface area contributed by atoms with Gasteiger partial charge in [-0.3, -0.25) is 9.59 Å². The van der Waals surface area contributed by atoms with Gasteiger partial charge in [-0.15, -0.1) is 0 Å². The van der Waals surface area contributed by atoms with E-state index in [4.69, 9.17) is 4.52 Å². The van der Waals surface area contributed by atoms with Gasteiger partial charge in [-0.1, -0.05) is 19.0 Å². The van der Waals surface area contributed by atoms with Gasteiger partial charge < -0.3 is 14.5 Å². The Labute approximate surface area is 117 Å². The Morgan fingerprint density at radius 3 is 2.65 bits per heavy atom. The molecule has 2 heterocycles. The highest BCUT2D eigenvalue weighted by atomic mass is 16.5. The molecule has 1 aromatic rings. The van der Waals surface area contributed by atoms with Gasteiger partial charge in [0.15, 0.2) is 0 Å². The van der Waals surface area contributed by atoms with Crippen LogP contribution in [0.15, 0.2) is 4.52 Å². The van der Waals surface area contributed by atoms with Crippen LogP contribution in [0.25, 0.3) is 0 Å². The minimum atomic E-state index is -0.826. The number of aryl methyl sites for hydroxylation is 2. The van der Waals surface area contributed by atoms with Gasteiger partial charge >= 0.3 is 5.97 Å². The summed E-state index contributed by atoms with van der Waals surface area (Å²) in [5.41, 5.74) is 0.314. The zero-order chi connectivity index (χ0) is 14.9. The average Bonchev–Trinajstić information content (AvgIpc) is 3.02. The molecule has 2 rings (SSSR count). The van der Waals surface area contributed by atoms with Crippen molar-refractivity contribution in [2.45, 2.75) is 40.0 Å². The highest BCUT2D eigenvalue weighted by Crippen LogP contribution is 2.35. The topological polar surface area (TPSA) is 83.6 Å². The monoisotopic (exact) mass is 280 g/mol. The lowest BCUT2D eigenvalue weighted by Gasteiger charge is -2.23. The summed E-state index contributed by atoms with van der Waals surface area (Å²) in [6.07, 6.45) is 1.63. The second-order valence-electron chi connectivity index (χ2n) is 5.33. The number of carbonyl (C=O) groups excluding carboxylic acids is 1. The fourth-order valence-electron chi connectivity index (χ4n) is 2.75. The molecule has 1 saturated heterocycles. The van der Waals surface area contributed by atoms with Crippen molar-refractivity contribution in [3.05, 3.63) is 17.0 Å². The molecule has 0 spiro atoms. The van der Waals surface area contributed by atoms with E-state index < -0.39 is 11.4 Å². The van der Waals surface area contributed by atoms with Crippen LogP contribution in [0, 0.1) is 12.3 Å². The SMILES string of the molecule is CCc1noc(C)c1C(=O)N1CCC(CC)(C(=O)O)C1. The summed E-state index contributed by atoms with van der Waals surface area (Å²) >= 11 is 0. The molecule has 110 valence electrons. The fraction of sp³-hybridized carbons (Fsp3) is 0.643. The lowest BCUT2D eigenvalue weighted by molar-refractivity contribution is -0.148. The van der Waals surface area contributed by atoms with E-state index in [0.29, 0.717) is 42.8 Å². The number of aliphatic carboxylic acids is 1. The molecule has 1 aromatic heterocycles. The molecule has 1 aliphatic heterocycles. The Kier molecular flexibility index (Phi) is 3.83. The lowest BCUT2D eigenvalue weighted by Crippen LogP contribution is -2.36. The van der Waals surface area contributed by atoms with E-state index in [-0.39, 0.29) is 12.5 Å². The summed E-state index contributed by atoms with van der Waals surface area (Å²) in [6.45, 7) is 6.19. The zero-order valence-corrected chi connectivity index (χ0v) is 12.1. The van der Waals surface area contributed by atoms with Crippen molar-refractivity contribution in [1.29, 1.82) is 0 Å². The van der Waals surface area contributed by atoms with Gasteiger partial charge in [-0.25, -0.2) is 0 Å². The Balaban J connectivity index is 2.24. The van der Waals surface area contributed by atoms with Gasteiger partial charge in [-0.2, -0.15) is 0 Å². The van der Waals surface area contributed by atoms with Crippen LogP contribution in [0.2, 0.25) is 0 Å². The van der Waals surface area contributed by atoms with E-state index in [0.717, 1.165) is 0 Å². The molecule has 0 aromatic carbocycles. The molecule has 0 aliphatic carbocycles. The maximum Gasteiger partial charge on any atom is 0.311 e. The van der Waals surface area contributed by atoms with Gasteiger partial charge in [0.1, 0.15) is 11.3 Å². The second kappa shape index (κ2) is 5.26. The van der Waals surface area contributed by atoms with Crippen LogP contribution >= 0.6 is 0 Å². The van der Waals surface area contributed by atoms with Crippen molar-refractivity contribution >= 4 is 11.9 Å². The van der Waals surface area contributed by atoms with Crippen LogP contribution in [0.1, 0.15) is 48.5 Å². The van der Waals surface area contributed by atoms with Crippen molar-refractivity contribution in [3.8, 4) is 0 Å². The molecule has 1 N–H and O–H groups in total. The van der Waals surface area contributed by atoms with Crippen molar-refractivity contribution in [3.63, 3.8) is 0 Å². The summed E-state index contributed by atoms with van der Waals surface area (Å²) in [4.78, 5) is 25.6. The van der Waals surface area contributed by atoms with E-state index in [9.17, 15) is 14.7 Å². The van der Waals surface area contributed by atoms with E-state index in [1.165, 1.54) is 0 Å². The molecular formula is C14H20N2O4. The molecule has 1 atom stereocenters. The molecule has 0 radical (unpaired) electrons. The number of amides is 1. The molecule has 1 aliphatic rings. The van der Waals surface area contributed by atoms with Crippen LogP contribution in [-0.4, -0.2) is 40.1 Å². The van der Waals surface area contributed by atoms with Crippen LogP contribution in [0.4, 0.5) is 0 Å². The number of carboxylic acids is 1. The summed E-state index contributed by atoms with van der Waals surface area (Å²) in [5, 5.41) is 13.3. The summed E-state index contributed by atoms with van der Waals surface area (Å²) in [5.74, 6) is -0.499. The molecule has 6 nitrogen and oxygen atoms in total. The number of hydrogen-bond acceptors (Lipinski definition) is 4. The fourth-order valence-corrected chi connectivity index (χ4v) is 2.75. The van der Waals surface area contributed by atoms with Crippen molar-refractivity contribution in [2.24, 2.45) is 5.41 Å². The Hall–Kier alpha value is -1.85. The predicted octanol–water partition coefficient (Wildman–Crippen LogP) is 1.87. The number of carbonyl (C=O) groups is 2. The smallest absolute Gasteiger partial charge is 0.311 e. The van der Waals surface area contributed by atoms with Gasteiger partial charge in [-0.05, 0) is 26.2 Å².